The van der Waals surface area contributed by atoms with Crippen molar-refractivity contribution in [2.24, 2.45) is 5.10 Å². The van der Waals surface area contributed by atoms with Gasteiger partial charge >= 0.3 is 0 Å². The van der Waals surface area contributed by atoms with E-state index in [-0.39, 0.29) is 12.1 Å². The topological polar surface area (TPSA) is 84.6 Å². The van der Waals surface area contributed by atoms with Gasteiger partial charge < -0.3 is 0 Å². The lowest BCUT2D eigenvalue weighted by Gasteiger charge is -2.02. The summed E-state index contributed by atoms with van der Waals surface area (Å²) in [6.07, 6.45) is 1.39. The van der Waals surface area contributed by atoms with Crippen molar-refractivity contribution in [3.05, 3.63) is 74.2 Å². The summed E-state index contributed by atoms with van der Waals surface area (Å²) in [5.41, 5.74) is 3.45. The number of hydrazone groups is 1. The SMILES string of the molecule is O=C(Cc1ccccc1[N+](=O)[O-])N/N=C/c1ccccc1Br. The molecule has 0 radical (unpaired) electrons. The molecule has 2 rings (SSSR count). The number of halogens is 1. The van der Waals surface area contributed by atoms with E-state index in [2.05, 4.69) is 26.5 Å². The van der Waals surface area contributed by atoms with E-state index < -0.39 is 10.8 Å². The maximum Gasteiger partial charge on any atom is 0.273 e. The fraction of sp³-hybridized carbons (Fsp3) is 0.0667. The largest absolute Gasteiger partial charge is 0.273 e. The van der Waals surface area contributed by atoms with Crippen LogP contribution < -0.4 is 5.43 Å². The Balaban J connectivity index is 2.00. The number of hydrogen-bond acceptors (Lipinski definition) is 4. The molecule has 6 nitrogen and oxygen atoms in total. The van der Waals surface area contributed by atoms with Crippen LogP contribution in [-0.4, -0.2) is 17.0 Å². The highest BCUT2D eigenvalue weighted by Crippen LogP contribution is 2.18. The Morgan fingerprint density at radius 1 is 1.23 bits per heavy atom. The van der Waals surface area contributed by atoms with Crippen LogP contribution in [0.1, 0.15) is 11.1 Å². The lowest BCUT2D eigenvalue weighted by Crippen LogP contribution is -2.20. The lowest BCUT2D eigenvalue weighted by molar-refractivity contribution is -0.385. The number of rotatable bonds is 5. The Hall–Kier alpha value is -2.54. The minimum absolute atomic E-state index is 0.0765. The van der Waals surface area contributed by atoms with Crippen LogP contribution in [0.5, 0.6) is 0 Å². The molecule has 0 fully saturated rings. The summed E-state index contributed by atoms with van der Waals surface area (Å²) in [7, 11) is 0. The molecular weight excluding hydrogens is 350 g/mol. The monoisotopic (exact) mass is 361 g/mol. The van der Waals surface area contributed by atoms with E-state index in [1.807, 2.05) is 24.3 Å². The summed E-state index contributed by atoms with van der Waals surface area (Å²) in [5.74, 6) is -0.419. The summed E-state index contributed by atoms with van der Waals surface area (Å²) in [4.78, 5) is 22.2. The van der Waals surface area contributed by atoms with Crippen molar-refractivity contribution >= 4 is 33.7 Å². The van der Waals surface area contributed by atoms with Crippen LogP contribution in [0, 0.1) is 10.1 Å². The quantitative estimate of drug-likeness (QED) is 0.504. The van der Waals surface area contributed by atoms with Crippen molar-refractivity contribution < 1.29 is 9.72 Å². The second-order valence-electron chi connectivity index (χ2n) is 4.38. The Morgan fingerprint density at radius 3 is 2.64 bits per heavy atom. The van der Waals surface area contributed by atoms with Gasteiger partial charge in [-0.05, 0) is 6.07 Å². The molecule has 2 aromatic rings. The van der Waals surface area contributed by atoms with E-state index in [4.69, 9.17) is 0 Å². The van der Waals surface area contributed by atoms with Crippen LogP contribution in [0.4, 0.5) is 5.69 Å². The van der Waals surface area contributed by atoms with Crippen molar-refractivity contribution in [1.29, 1.82) is 0 Å². The average molecular weight is 362 g/mol. The average Bonchev–Trinajstić information content (AvgIpc) is 2.49. The molecule has 1 N–H and O–H groups in total. The normalized spacial score (nSPS) is 10.6. The number of carbonyl (C=O) groups is 1. The Morgan fingerprint density at radius 2 is 1.91 bits per heavy atom. The van der Waals surface area contributed by atoms with Gasteiger partial charge in [-0.2, -0.15) is 5.10 Å². The molecule has 0 saturated carbocycles. The van der Waals surface area contributed by atoms with E-state index in [0.717, 1.165) is 10.0 Å². The number of nitro groups is 1. The molecule has 0 aliphatic rings. The van der Waals surface area contributed by atoms with Crippen molar-refractivity contribution in [3.63, 3.8) is 0 Å². The second kappa shape index (κ2) is 7.46. The van der Waals surface area contributed by atoms with Gasteiger partial charge in [0.2, 0.25) is 5.91 Å². The third-order valence-electron chi connectivity index (χ3n) is 2.84. The molecule has 0 unspecified atom stereocenters. The highest BCUT2D eigenvalue weighted by molar-refractivity contribution is 9.10. The lowest BCUT2D eigenvalue weighted by atomic mass is 10.1. The van der Waals surface area contributed by atoms with Gasteiger partial charge in [0.05, 0.1) is 17.6 Å². The van der Waals surface area contributed by atoms with Gasteiger partial charge in [0.1, 0.15) is 0 Å². The van der Waals surface area contributed by atoms with Gasteiger partial charge in [-0.1, -0.05) is 52.3 Å². The van der Waals surface area contributed by atoms with Crippen LogP contribution in [0.25, 0.3) is 0 Å². The molecule has 0 aliphatic heterocycles. The summed E-state index contributed by atoms with van der Waals surface area (Å²) < 4.78 is 0.853. The molecule has 1 amide bonds. The minimum atomic E-state index is -0.507. The summed E-state index contributed by atoms with van der Waals surface area (Å²) in [6.45, 7) is 0. The van der Waals surface area contributed by atoms with Crippen LogP contribution in [0.2, 0.25) is 0 Å². The first kappa shape index (κ1) is 15.8. The van der Waals surface area contributed by atoms with Gasteiger partial charge in [-0.15, -0.1) is 0 Å². The van der Waals surface area contributed by atoms with Crippen molar-refractivity contribution in [2.45, 2.75) is 6.42 Å². The van der Waals surface area contributed by atoms with Gasteiger partial charge in [0, 0.05) is 21.7 Å². The predicted octanol–water partition coefficient (Wildman–Crippen LogP) is 3.05. The number of hydrogen-bond donors (Lipinski definition) is 1. The molecule has 22 heavy (non-hydrogen) atoms. The molecule has 2 aromatic carbocycles. The molecule has 0 bridgehead atoms. The Kier molecular flexibility index (Phi) is 5.37. The van der Waals surface area contributed by atoms with E-state index in [1.54, 1.807) is 18.2 Å². The molecule has 0 spiro atoms. The third-order valence-corrected chi connectivity index (χ3v) is 3.56. The first-order valence-corrected chi connectivity index (χ1v) is 7.16. The van der Waals surface area contributed by atoms with Gasteiger partial charge in [0.15, 0.2) is 0 Å². The summed E-state index contributed by atoms with van der Waals surface area (Å²) in [6, 6.07) is 13.5. The van der Waals surface area contributed by atoms with E-state index >= 15 is 0 Å². The number of nitrogens with one attached hydrogen (secondary N) is 1. The zero-order chi connectivity index (χ0) is 15.9. The van der Waals surface area contributed by atoms with Crippen molar-refractivity contribution in [2.75, 3.05) is 0 Å². The first-order valence-electron chi connectivity index (χ1n) is 6.36. The molecule has 0 saturated heterocycles. The van der Waals surface area contributed by atoms with Gasteiger partial charge in [0.25, 0.3) is 5.69 Å². The fourth-order valence-electron chi connectivity index (χ4n) is 1.80. The number of para-hydroxylation sites is 1. The van der Waals surface area contributed by atoms with Crippen LogP contribution >= 0.6 is 15.9 Å². The number of nitro benzene ring substituents is 1. The van der Waals surface area contributed by atoms with Crippen molar-refractivity contribution in [1.82, 2.24) is 5.43 Å². The Bertz CT molecular complexity index is 731. The van der Waals surface area contributed by atoms with E-state index in [9.17, 15) is 14.9 Å². The highest BCUT2D eigenvalue weighted by atomic mass is 79.9. The minimum Gasteiger partial charge on any atom is -0.273 e. The standard InChI is InChI=1S/C15H12BrN3O3/c16-13-7-3-1-6-12(13)10-17-18-15(20)9-11-5-2-4-8-14(11)19(21)22/h1-8,10H,9H2,(H,18,20)/b17-10+. The zero-order valence-electron chi connectivity index (χ0n) is 11.4. The van der Waals surface area contributed by atoms with Crippen molar-refractivity contribution in [3.8, 4) is 0 Å². The summed E-state index contributed by atoms with van der Waals surface area (Å²) >= 11 is 3.36. The van der Waals surface area contributed by atoms with Gasteiger partial charge in [-0.25, -0.2) is 5.43 Å². The molecule has 7 heteroatoms. The number of benzene rings is 2. The Labute approximate surface area is 135 Å². The smallest absolute Gasteiger partial charge is 0.273 e. The zero-order valence-corrected chi connectivity index (χ0v) is 13.0. The van der Waals surface area contributed by atoms with E-state index in [1.165, 1.54) is 12.3 Å². The van der Waals surface area contributed by atoms with Gasteiger partial charge in [-0.3, -0.25) is 14.9 Å². The van der Waals surface area contributed by atoms with Crippen LogP contribution in [-0.2, 0) is 11.2 Å². The molecule has 0 aromatic heterocycles. The first-order chi connectivity index (χ1) is 10.6. The van der Waals surface area contributed by atoms with E-state index in [0.29, 0.717) is 5.56 Å². The molecular formula is C15H12BrN3O3. The van der Waals surface area contributed by atoms with Crippen LogP contribution in [0.3, 0.4) is 0 Å². The summed E-state index contributed by atoms with van der Waals surface area (Å²) in [5, 5.41) is 14.7. The number of amides is 1. The molecule has 0 atom stereocenters. The molecule has 0 aliphatic carbocycles. The predicted molar refractivity (Wildman–Crippen MR) is 86.7 cm³/mol. The fourth-order valence-corrected chi connectivity index (χ4v) is 2.19. The van der Waals surface area contributed by atoms with Crippen LogP contribution in [0.15, 0.2) is 58.1 Å². The number of carbonyl (C=O) groups excluding carboxylic acids is 1. The maximum atomic E-state index is 11.8. The molecule has 112 valence electrons. The third kappa shape index (κ3) is 4.23. The number of nitrogens with zero attached hydrogens (tertiary/aromatic N) is 2. The maximum absolute atomic E-state index is 11.8. The highest BCUT2D eigenvalue weighted by Gasteiger charge is 2.14. The second-order valence-corrected chi connectivity index (χ2v) is 5.23. The molecule has 0 heterocycles.